The van der Waals surface area contributed by atoms with Gasteiger partial charge in [0.1, 0.15) is 5.75 Å². The van der Waals surface area contributed by atoms with Gasteiger partial charge in [-0.05, 0) is 44.9 Å². The van der Waals surface area contributed by atoms with Gasteiger partial charge in [-0.25, -0.2) is 0 Å². The van der Waals surface area contributed by atoms with Crippen LogP contribution in [-0.4, -0.2) is 34.6 Å². The SMILES string of the molecule is COc1cccc(-n2cc(C(=O)N(C(C)C)C3CCCCC3)c3ccccc3c2=O)c1. The molecular weight excluding hydrogens is 388 g/mol. The van der Waals surface area contributed by atoms with E-state index in [0.29, 0.717) is 27.8 Å². The molecular formula is C26H30N2O3. The molecule has 0 radical (unpaired) electrons. The summed E-state index contributed by atoms with van der Waals surface area (Å²) in [6, 6.07) is 15.1. The Labute approximate surface area is 183 Å². The van der Waals surface area contributed by atoms with Gasteiger partial charge >= 0.3 is 0 Å². The number of hydrogen-bond donors (Lipinski definition) is 0. The Morgan fingerprint density at radius 3 is 2.42 bits per heavy atom. The maximum Gasteiger partial charge on any atom is 0.262 e. The third-order valence-corrected chi connectivity index (χ3v) is 6.25. The van der Waals surface area contributed by atoms with Gasteiger partial charge in [0.2, 0.25) is 0 Å². The molecule has 1 fully saturated rings. The van der Waals surface area contributed by atoms with E-state index in [4.69, 9.17) is 4.74 Å². The lowest BCUT2D eigenvalue weighted by atomic mass is 9.92. The minimum absolute atomic E-state index is 0.00486. The third-order valence-electron chi connectivity index (χ3n) is 6.25. The highest BCUT2D eigenvalue weighted by molar-refractivity contribution is 6.06. The van der Waals surface area contributed by atoms with Gasteiger partial charge in [0, 0.05) is 35.1 Å². The number of pyridine rings is 1. The number of hydrogen-bond acceptors (Lipinski definition) is 3. The molecule has 1 saturated carbocycles. The summed E-state index contributed by atoms with van der Waals surface area (Å²) < 4.78 is 6.91. The van der Waals surface area contributed by atoms with Crippen molar-refractivity contribution in [3.05, 3.63) is 70.6 Å². The summed E-state index contributed by atoms with van der Waals surface area (Å²) in [6.07, 6.45) is 7.34. The Hall–Kier alpha value is -3.08. The highest BCUT2D eigenvalue weighted by Crippen LogP contribution is 2.28. The van der Waals surface area contributed by atoms with Crippen molar-refractivity contribution >= 4 is 16.7 Å². The predicted octanol–water partition coefficient (Wildman–Crippen LogP) is 5.18. The van der Waals surface area contributed by atoms with Gasteiger partial charge in [0.15, 0.2) is 0 Å². The zero-order valence-electron chi connectivity index (χ0n) is 18.5. The van der Waals surface area contributed by atoms with Gasteiger partial charge in [0.05, 0.1) is 18.4 Å². The standard InChI is InChI=1S/C26H30N2O3/c1-18(2)28(19-10-5-4-6-11-19)26(30)24-17-27(20-12-9-13-21(16-20)31-3)25(29)23-15-8-7-14-22(23)24/h7-9,12-19H,4-6,10-11H2,1-3H3. The van der Waals surface area contributed by atoms with Gasteiger partial charge in [0.25, 0.3) is 11.5 Å². The lowest BCUT2D eigenvalue weighted by Gasteiger charge is -2.37. The van der Waals surface area contributed by atoms with Gasteiger partial charge < -0.3 is 9.64 Å². The van der Waals surface area contributed by atoms with Gasteiger partial charge in [-0.2, -0.15) is 0 Å². The second-order valence-corrected chi connectivity index (χ2v) is 8.56. The van der Waals surface area contributed by atoms with Crippen molar-refractivity contribution in [3.8, 4) is 11.4 Å². The van der Waals surface area contributed by atoms with E-state index < -0.39 is 0 Å². The van der Waals surface area contributed by atoms with Crippen molar-refractivity contribution in [3.63, 3.8) is 0 Å². The maximum atomic E-state index is 13.9. The summed E-state index contributed by atoms with van der Waals surface area (Å²) in [6.45, 7) is 4.15. The number of methoxy groups -OCH3 is 1. The summed E-state index contributed by atoms with van der Waals surface area (Å²) >= 11 is 0. The molecule has 3 aromatic rings. The molecule has 1 aromatic heterocycles. The lowest BCUT2D eigenvalue weighted by Crippen LogP contribution is -2.46. The Morgan fingerprint density at radius 1 is 1.03 bits per heavy atom. The first-order chi connectivity index (χ1) is 15.0. The smallest absolute Gasteiger partial charge is 0.262 e. The number of amides is 1. The van der Waals surface area contributed by atoms with Crippen molar-refractivity contribution < 1.29 is 9.53 Å². The molecule has 4 rings (SSSR count). The highest BCUT2D eigenvalue weighted by Gasteiger charge is 2.30. The van der Waals surface area contributed by atoms with Crippen molar-refractivity contribution in [1.29, 1.82) is 0 Å². The number of fused-ring (bicyclic) bond motifs is 1. The van der Waals surface area contributed by atoms with Crippen LogP contribution in [0.2, 0.25) is 0 Å². The van der Waals surface area contributed by atoms with Crippen LogP contribution in [0.4, 0.5) is 0 Å². The number of benzene rings is 2. The first kappa shape index (κ1) is 21.2. The van der Waals surface area contributed by atoms with Crippen LogP contribution < -0.4 is 10.3 Å². The molecule has 2 aromatic carbocycles. The third kappa shape index (κ3) is 4.09. The topological polar surface area (TPSA) is 51.5 Å². The Kier molecular flexibility index (Phi) is 6.12. The first-order valence-electron chi connectivity index (χ1n) is 11.1. The average Bonchev–Trinajstić information content (AvgIpc) is 2.80. The lowest BCUT2D eigenvalue weighted by molar-refractivity contribution is 0.0557. The van der Waals surface area contributed by atoms with Crippen molar-refractivity contribution in [2.24, 2.45) is 0 Å². The molecule has 5 heteroatoms. The van der Waals surface area contributed by atoms with Crippen molar-refractivity contribution in [1.82, 2.24) is 9.47 Å². The minimum atomic E-state index is -0.144. The van der Waals surface area contributed by atoms with E-state index in [2.05, 4.69) is 13.8 Å². The van der Waals surface area contributed by atoms with E-state index in [1.807, 2.05) is 47.4 Å². The second-order valence-electron chi connectivity index (χ2n) is 8.56. The molecule has 0 spiro atoms. The Bertz CT molecular complexity index is 1140. The summed E-state index contributed by atoms with van der Waals surface area (Å²) in [5.41, 5.74) is 1.10. The number of ether oxygens (including phenoxy) is 1. The summed E-state index contributed by atoms with van der Waals surface area (Å²) in [5, 5.41) is 1.25. The molecule has 0 atom stereocenters. The number of nitrogens with zero attached hydrogens (tertiary/aromatic N) is 2. The van der Waals surface area contributed by atoms with Crippen LogP contribution in [0.1, 0.15) is 56.3 Å². The zero-order valence-corrected chi connectivity index (χ0v) is 18.5. The molecule has 162 valence electrons. The number of aromatic nitrogens is 1. The Balaban J connectivity index is 1.89. The fraction of sp³-hybridized carbons (Fsp3) is 0.385. The minimum Gasteiger partial charge on any atom is -0.497 e. The van der Waals surface area contributed by atoms with Gasteiger partial charge in [-0.3, -0.25) is 14.2 Å². The molecule has 31 heavy (non-hydrogen) atoms. The fourth-order valence-corrected chi connectivity index (χ4v) is 4.73. The molecule has 0 aliphatic heterocycles. The molecule has 0 N–H and O–H groups in total. The van der Waals surface area contributed by atoms with E-state index in [-0.39, 0.29) is 23.6 Å². The van der Waals surface area contributed by atoms with E-state index in [1.165, 1.54) is 6.42 Å². The van der Waals surface area contributed by atoms with Crippen LogP contribution in [0.25, 0.3) is 16.5 Å². The van der Waals surface area contributed by atoms with Crippen LogP contribution in [-0.2, 0) is 0 Å². The van der Waals surface area contributed by atoms with E-state index >= 15 is 0 Å². The highest BCUT2D eigenvalue weighted by atomic mass is 16.5. The van der Waals surface area contributed by atoms with E-state index in [0.717, 1.165) is 25.7 Å². The number of rotatable bonds is 5. The largest absolute Gasteiger partial charge is 0.497 e. The molecule has 1 aliphatic rings. The van der Waals surface area contributed by atoms with E-state index in [1.54, 1.807) is 23.9 Å². The quantitative estimate of drug-likeness (QED) is 0.573. The van der Waals surface area contributed by atoms with E-state index in [9.17, 15) is 9.59 Å². The molecule has 0 saturated heterocycles. The molecule has 0 unspecified atom stereocenters. The molecule has 1 amide bonds. The zero-order chi connectivity index (χ0) is 22.0. The van der Waals surface area contributed by atoms with Crippen molar-refractivity contribution in [2.75, 3.05) is 7.11 Å². The van der Waals surface area contributed by atoms with Gasteiger partial charge in [-0.1, -0.05) is 43.5 Å². The van der Waals surface area contributed by atoms with Crippen LogP contribution in [0.5, 0.6) is 5.75 Å². The Morgan fingerprint density at radius 2 is 1.74 bits per heavy atom. The van der Waals surface area contributed by atoms with Crippen LogP contribution in [0, 0.1) is 0 Å². The maximum absolute atomic E-state index is 13.9. The summed E-state index contributed by atoms with van der Waals surface area (Å²) in [4.78, 5) is 29.2. The van der Waals surface area contributed by atoms with Crippen LogP contribution >= 0.6 is 0 Å². The number of carbonyl (C=O) groups is 1. The van der Waals surface area contributed by atoms with Crippen LogP contribution in [0.3, 0.4) is 0 Å². The number of carbonyl (C=O) groups excluding carboxylic acids is 1. The first-order valence-corrected chi connectivity index (χ1v) is 11.1. The predicted molar refractivity (Wildman–Crippen MR) is 124 cm³/mol. The normalized spacial score (nSPS) is 14.7. The second kappa shape index (κ2) is 8.96. The molecule has 1 heterocycles. The fourth-order valence-electron chi connectivity index (χ4n) is 4.73. The summed E-state index contributed by atoms with van der Waals surface area (Å²) in [7, 11) is 1.60. The molecule has 1 aliphatic carbocycles. The molecule has 5 nitrogen and oxygen atoms in total. The monoisotopic (exact) mass is 418 g/mol. The molecule has 0 bridgehead atoms. The van der Waals surface area contributed by atoms with Crippen molar-refractivity contribution in [2.45, 2.75) is 58.0 Å². The van der Waals surface area contributed by atoms with Gasteiger partial charge in [-0.15, -0.1) is 0 Å². The summed E-state index contributed by atoms with van der Waals surface area (Å²) in [5.74, 6) is 0.659. The van der Waals surface area contributed by atoms with Crippen LogP contribution in [0.15, 0.2) is 59.5 Å². The average molecular weight is 419 g/mol.